The molecule has 1 aromatic heterocycles. The van der Waals surface area contributed by atoms with Crippen LogP contribution in [0.2, 0.25) is 0 Å². The first kappa shape index (κ1) is 22.2. The summed E-state index contributed by atoms with van der Waals surface area (Å²) in [7, 11) is 0. The molecule has 2 N–H and O–H groups in total. The van der Waals surface area contributed by atoms with E-state index in [0.29, 0.717) is 29.6 Å². The summed E-state index contributed by atoms with van der Waals surface area (Å²) in [5, 5.41) is 11.6. The van der Waals surface area contributed by atoms with E-state index < -0.39 is 5.97 Å². The minimum atomic E-state index is -1.08. The third-order valence-corrected chi connectivity index (χ3v) is 4.41. The number of carboxylic acid groups (broad SMARTS) is 1. The Morgan fingerprint density at radius 3 is 2.31 bits per heavy atom. The molecule has 0 aliphatic carbocycles. The number of hydrogen-bond donors (Lipinski definition) is 2. The van der Waals surface area contributed by atoms with Crippen molar-refractivity contribution in [3.8, 4) is 11.5 Å². The summed E-state index contributed by atoms with van der Waals surface area (Å²) >= 11 is 0. The molecule has 1 amide bonds. The third kappa shape index (κ3) is 6.78. The second-order valence-corrected chi connectivity index (χ2v) is 7.04. The molecule has 0 unspecified atom stereocenters. The van der Waals surface area contributed by atoms with E-state index in [9.17, 15) is 9.59 Å². The maximum atomic E-state index is 12.7. The minimum absolute atomic E-state index is 0.0485. The molecule has 29 heavy (non-hydrogen) atoms. The highest BCUT2D eigenvalue weighted by Crippen LogP contribution is 2.25. The van der Waals surface area contributed by atoms with Gasteiger partial charge in [0, 0.05) is 17.8 Å². The Hall–Kier alpha value is -3.09. The number of ether oxygens (including phenoxy) is 2. The van der Waals surface area contributed by atoms with E-state index in [1.165, 1.54) is 18.3 Å². The SMILES string of the molecule is CCC(CC)COc1cc(OC(C)C)cc(C(=O)Nc2ccc(C(=O)O)cn2)c1. The van der Waals surface area contributed by atoms with Crippen molar-refractivity contribution in [2.75, 3.05) is 11.9 Å². The van der Waals surface area contributed by atoms with Crippen molar-refractivity contribution >= 4 is 17.7 Å². The molecule has 2 rings (SSSR count). The number of nitrogens with zero attached hydrogens (tertiary/aromatic N) is 1. The molecule has 7 heteroatoms. The van der Waals surface area contributed by atoms with E-state index in [1.54, 1.807) is 18.2 Å². The van der Waals surface area contributed by atoms with Crippen LogP contribution in [-0.2, 0) is 0 Å². The van der Waals surface area contributed by atoms with Crippen LogP contribution in [0.15, 0.2) is 36.5 Å². The van der Waals surface area contributed by atoms with Gasteiger partial charge >= 0.3 is 5.97 Å². The van der Waals surface area contributed by atoms with E-state index in [2.05, 4.69) is 24.1 Å². The van der Waals surface area contributed by atoms with Crippen LogP contribution in [0.1, 0.15) is 61.3 Å². The minimum Gasteiger partial charge on any atom is -0.493 e. The number of rotatable bonds is 10. The Morgan fingerprint density at radius 1 is 1.07 bits per heavy atom. The molecule has 0 fully saturated rings. The first-order valence-corrected chi connectivity index (χ1v) is 9.77. The maximum absolute atomic E-state index is 12.7. The molecule has 0 aliphatic heterocycles. The third-order valence-electron chi connectivity index (χ3n) is 4.41. The van der Waals surface area contributed by atoms with Crippen molar-refractivity contribution in [3.05, 3.63) is 47.7 Å². The molecule has 0 saturated carbocycles. The van der Waals surface area contributed by atoms with Gasteiger partial charge in [0.1, 0.15) is 17.3 Å². The molecule has 0 radical (unpaired) electrons. The van der Waals surface area contributed by atoms with E-state index in [4.69, 9.17) is 14.6 Å². The summed E-state index contributed by atoms with van der Waals surface area (Å²) in [6.07, 6.45) is 3.18. The Balaban J connectivity index is 2.20. The van der Waals surface area contributed by atoms with Crippen LogP contribution in [0.25, 0.3) is 0 Å². The lowest BCUT2D eigenvalue weighted by Crippen LogP contribution is -2.15. The fourth-order valence-corrected chi connectivity index (χ4v) is 2.65. The highest BCUT2D eigenvalue weighted by molar-refractivity contribution is 6.04. The van der Waals surface area contributed by atoms with Crippen LogP contribution in [0.3, 0.4) is 0 Å². The number of aromatic nitrogens is 1. The largest absolute Gasteiger partial charge is 0.493 e. The second kappa shape index (κ2) is 10.5. The molecule has 0 saturated heterocycles. The maximum Gasteiger partial charge on any atom is 0.337 e. The fraction of sp³-hybridized carbons (Fsp3) is 0.409. The summed E-state index contributed by atoms with van der Waals surface area (Å²) in [5.74, 6) is 0.347. The zero-order valence-electron chi connectivity index (χ0n) is 17.3. The van der Waals surface area contributed by atoms with Crippen molar-refractivity contribution in [2.45, 2.75) is 46.6 Å². The summed E-state index contributed by atoms with van der Waals surface area (Å²) in [6, 6.07) is 7.91. The fourth-order valence-electron chi connectivity index (χ4n) is 2.65. The first-order chi connectivity index (χ1) is 13.8. The summed E-state index contributed by atoms with van der Waals surface area (Å²) in [6.45, 7) is 8.63. The number of amides is 1. The summed E-state index contributed by atoms with van der Waals surface area (Å²) < 4.78 is 11.7. The Kier molecular flexibility index (Phi) is 8.00. The van der Waals surface area contributed by atoms with Gasteiger partial charge in [0.15, 0.2) is 0 Å². The number of aromatic carboxylic acids is 1. The van der Waals surface area contributed by atoms with Crippen molar-refractivity contribution < 1.29 is 24.2 Å². The van der Waals surface area contributed by atoms with Crippen LogP contribution in [0.4, 0.5) is 5.82 Å². The van der Waals surface area contributed by atoms with Gasteiger partial charge in [-0.2, -0.15) is 0 Å². The number of nitrogens with one attached hydrogen (secondary N) is 1. The summed E-state index contributed by atoms with van der Waals surface area (Å²) in [5.41, 5.74) is 0.416. The Bertz CT molecular complexity index is 830. The molecular formula is C22H28N2O5. The lowest BCUT2D eigenvalue weighted by Gasteiger charge is -2.17. The Morgan fingerprint density at radius 2 is 1.76 bits per heavy atom. The molecular weight excluding hydrogens is 372 g/mol. The quantitative estimate of drug-likeness (QED) is 0.603. The monoisotopic (exact) mass is 400 g/mol. The van der Waals surface area contributed by atoms with E-state index in [1.807, 2.05) is 13.8 Å². The first-order valence-electron chi connectivity index (χ1n) is 9.77. The molecule has 0 aliphatic rings. The van der Waals surface area contributed by atoms with Gasteiger partial charge in [-0.1, -0.05) is 26.7 Å². The smallest absolute Gasteiger partial charge is 0.337 e. The van der Waals surface area contributed by atoms with E-state index in [-0.39, 0.29) is 23.4 Å². The number of carbonyl (C=O) groups excluding carboxylic acids is 1. The molecule has 0 atom stereocenters. The number of carboxylic acids is 1. The van der Waals surface area contributed by atoms with Gasteiger partial charge in [0.2, 0.25) is 0 Å². The number of carbonyl (C=O) groups is 2. The number of benzene rings is 1. The van der Waals surface area contributed by atoms with Gasteiger partial charge < -0.3 is 19.9 Å². The lowest BCUT2D eigenvalue weighted by atomic mass is 10.1. The zero-order valence-corrected chi connectivity index (χ0v) is 17.3. The molecule has 7 nitrogen and oxygen atoms in total. The van der Waals surface area contributed by atoms with Gasteiger partial charge in [0.25, 0.3) is 5.91 Å². The molecule has 1 heterocycles. The number of hydrogen-bond acceptors (Lipinski definition) is 5. The molecule has 156 valence electrons. The molecule has 0 bridgehead atoms. The van der Waals surface area contributed by atoms with Crippen molar-refractivity contribution in [1.29, 1.82) is 0 Å². The van der Waals surface area contributed by atoms with Crippen molar-refractivity contribution in [1.82, 2.24) is 4.98 Å². The predicted octanol–water partition coefficient (Wildman–Crippen LogP) is 4.63. The Labute approximate surface area is 171 Å². The van der Waals surface area contributed by atoms with Crippen LogP contribution in [-0.4, -0.2) is 34.7 Å². The van der Waals surface area contributed by atoms with Crippen LogP contribution in [0, 0.1) is 5.92 Å². The number of anilines is 1. The molecule has 2 aromatic rings. The molecule has 0 spiro atoms. The molecule has 1 aromatic carbocycles. The van der Waals surface area contributed by atoms with Gasteiger partial charge in [0.05, 0.1) is 18.3 Å². The van der Waals surface area contributed by atoms with Gasteiger partial charge in [-0.3, -0.25) is 4.79 Å². The standard InChI is InChI=1S/C22H28N2O5/c1-5-15(6-2)13-28-18-9-17(10-19(11-18)29-14(3)4)21(25)24-20-8-7-16(12-23-20)22(26)27/h7-12,14-15H,5-6,13H2,1-4H3,(H,26,27)(H,23,24,25). The van der Waals surface area contributed by atoms with Gasteiger partial charge in [-0.05, 0) is 44.0 Å². The zero-order chi connectivity index (χ0) is 21.4. The predicted molar refractivity (Wildman–Crippen MR) is 111 cm³/mol. The van der Waals surface area contributed by atoms with Crippen molar-refractivity contribution in [3.63, 3.8) is 0 Å². The lowest BCUT2D eigenvalue weighted by molar-refractivity contribution is 0.0696. The van der Waals surface area contributed by atoms with Crippen LogP contribution >= 0.6 is 0 Å². The average Bonchev–Trinajstić information content (AvgIpc) is 2.68. The average molecular weight is 400 g/mol. The van der Waals surface area contributed by atoms with E-state index >= 15 is 0 Å². The topological polar surface area (TPSA) is 97.8 Å². The highest BCUT2D eigenvalue weighted by Gasteiger charge is 2.14. The van der Waals surface area contributed by atoms with Crippen LogP contribution < -0.4 is 14.8 Å². The normalized spacial score (nSPS) is 10.8. The highest BCUT2D eigenvalue weighted by atomic mass is 16.5. The summed E-state index contributed by atoms with van der Waals surface area (Å²) in [4.78, 5) is 27.6. The second-order valence-electron chi connectivity index (χ2n) is 7.04. The van der Waals surface area contributed by atoms with Gasteiger partial charge in [-0.15, -0.1) is 0 Å². The van der Waals surface area contributed by atoms with Crippen molar-refractivity contribution in [2.24, 2.45) is 5.92 Å². The van der Waals surface area contributed by atoms with Crippen LogP contribution in [0.5, 0.6) is 11.5 Å². The van der Waals surface area contributed by atoms with Gasteiger partial charge in [-0.25, -0.2) is 9.78 Å². The van der Waals surface area contributed by atoms with E-state index in [0.717, 1.165) is 12.8 Å². The number of pyridine rings is 1.